The topological polar surface area (TPSA) is 84.6 Å². The average molecular weight is 160 g/mol. The van der Waals surface area contributed by atoms with E-state index in [4.69, 9.17) is 15.6 Å². The largest absolute Gasteiger partial charge is 0.480 e. The molecular formula is C6H12N2O3. The van der Waals surface area contributed by atoms with Gasteiger partial charge in [0, 0.05) is 0 Å². The quantitative estimate of drug-likeness (QED) is 0.470. The predicted octanol–water partition coefficient (Wildman–Crippen LogP) is -0.545. The van der Waals surface area contributed by atoms with E-state index in [1.54, 1.807) is 6.92 Å². The molecule has 64 valence electrons. The maximum atomic E-state index is 10.0. The molecule has 0 aromatic rings. The lowest BCUT2D eigenvalue weighted by molar-refractivity contribution is -0.136. The maximum absolute atomic E-state index is 10.0. The highest BCUT2D eigenvalue weighted by Gasteiger charge is 1.98. The van der Waals surface area contributed by atoms with Crippen LogP contribution >= 0.6 is 0 Å². The predicted molar refractivity (Wildman–Crippen MR) is 39.5 cm³/mol. The van der Waals surface area contributed by atoms with Gasteiger partial charge in [-0.05, 0) is 6.92 Å². The molecule has 0 bridgehead atoms. The van der Waals surface area contributed by atoms with Gasteiger partial charge in [-0.1, -0.05) is 0 Å². The minimum absolute atomic E-state index is 0.191. The molecule has 0 unspecified atom stereocenters. The number of hydrogen-bond donors (Lipinski definition) is 3. The number of aliphatic carboxylic acids is 1. The van der Waals surface area contributed by atoms with Gasteiger partial charge in [0.25, 0.3) is 0 Å². The molecule has 0 spiro atoms. The van der Waals surface area contributed by atoms with Crippen LogP contribution in [0.3, 0.4) is 0 Å². The minimum Gasteiger partial charge on any atom is -0.480 e. The lowest BCUT2D eigenvalue weighted by Gasteiger charge is -2.07. The van der Waals surface area contributed by atoms with E-state index in [0.717, 1.165) is 0 Å². The molecule has 0 aliphatic heterocycles. The summed E-state index contributed by atoms with van der Waals surface area (Å²) < 4.78 is 4.90. The Balaban J connectivity index is 3.62. The molecule has 0 saturated heterocycles. The number of ether oxygens (including phenoxy) is 1. The summed E-state index contributed by atoms with van der Waals surface area (Å²) in [6, 6.07) is 0. The van der Waals surface area contributed by atoms with Crippen LogP contribution < -0.4 is 11.1 Å². The van der Waals surface area contributed by atoms with Crippen molar-refractivity contribution in [3.63, 3.8) is 0 Å². The Morgan fingerprint density at radius 2 is 2.45 bits per heavy atom. The highest BCUT2D eigenvalue weighted by atomic mass is 16.5. The Bertz CT molecular complexity index is 156. The summed E-state index contributed by atoms with van der Waals surface area (Å²) in [4.78, 5) is 10.0. The molecule has 5 nitrogen and oxygen atoms in total. The number of rotatable bonds is 5. The first kappa shape index (κ1) is 9.61. The fraction of sp³-hybridized carbons (Fsp3) is 0.500. The number of nitrogens with two attached hydrogens (primary N) is 1. The third-order valence-electron chi connectivity index (χ3n) is 0.865. The molecule has 0 aliphatic rings. The summed E-state index contributed by atoms with van der Waals surface area (Å²) in [6.45, 7) is 2.05. The van der Waals surface area contributed by atoms with Gasteiger partial charge in [-0.2, -0.15) is 0 Å². The van der Waals surface area contributed by atoms with Crippen molar-refractivity contribution in [3.8, 4) is 0 Å². The van der Waals surface area contributed by atoms with E-state index < -0.39 is 5.97 Å². The van der Waals surface area contributed by atoms with E-state index in [1.165, 1.54) is 6.20 Å². The molecule has 0 saturated carbocycles. The molecule has 11 heavy (non-hydrogen) atoms. The fourth-order valence-corrected chi connectivity index (χ4v) is 0.476. The Labute approximate surface area is 64.8 Å². The molecule has 0 amide bonds. The van der Waals surface area contributed by atoms with Crippen LogP contribution in [-0.4, -0.2) is 24.2 Å². The highest BCUT2D eigenvalue weighted by molar-refractivity contribution is 5.69. The van der Waals surface area contributed by atoms with Gasteiger partial charge in [-0.15, -0.1) is 0 Å². The van der Waals surface area contributed by atoms with Crippen molar-refractivity contribution in [2.24, 2.45) is 5.73 Å². The Morgan fingerprint density at radius 3 is 2.82 bits per heavy atom. The van der Waals surface area contributed by atoms with E-state index in [-0.39, 0.29) is 12.4 Å². The monoisotopic (exact) mass is 160 g/mol. The van der Waals surface area contributed by atoms with Gasteiger partial charge in [0.1, 0.15) is 6.54 Å². The first-order valence-electron chi connectivity index (χ1n) is 3.21. The normalized spacial score (nSPS) is 10.8. The number of carbonyl (C=O) groups is 1. The van der Waals surface area contributed by atoms with Crippen molar-refractivity contribution in [3.05, 3.63) is 12.1 Å². The van der Waals surface area contributed by atoms with Crippen LogP contribution in [0.15, 0.2) is 12.1 Å². The highest BCUT2D eigenvalue weighted by Crippen LogP contribution is 1.87. The van der Waals surface area contributed by atoms with Crippen LogP contribution in [0.2, 0.25) is 0 Å². The first-order valence-corrected chi connectivity index (χ1v) is 3.21. The zero-order valence-corrected chi connectivity index (χ0v) is 6.33. The van der Waals surface area contributed by atoms with Gasteiger partial charge >= 0.3 is 5.97 Å². The molecule has 5 heteroatoms. The van der Waals surface area contributed by atoms with Crippen molar-refractivity contribution >= 4 is 5.97 Å². The molecular weight excluding hydrogens is 148 g/mol. The Morgan fingerprint density at radius 1 is 1.82 bits per heavy atom. The van der Waals surface area contributed by atoms with Gasteiger partial charge in [0.15, 0.2) is 0 Å². The number of carboxylic acid groups (broad SMARTS) is 1. The molecule has 0 aromatic carbocycles. The van der Waals surface area contributed by atoms with E-state index in [0.29, 0.717) is 6.61 Å². The lowest BCUT2D eigenvalue weighted by Crippen LogP contribution is -2.24. The van der Waals surface area contributed by atoms with Gasteiger partial charge in [0.05, 0.1) is 12.8 Å². The van der Waals surface area contributed by atoms with Crippen molar-refractivity contribution in [1.82, 2.24) is 5.32 Å². The van der Waals surface area contributed by atoms with Crippen LogP contribution in [0.25, 0.3) is 0 Å². The van der Waals surface area contributed by atoms with Gasteiger partial charge in [-0.3, -0.25) is 4.79 Å². The first-order chi connectivity index (χ1) is 5.20. The van der Waals surface area contributed by atoms with Crippen LogP contribution in [0.4, 0.5) is 0 Å². The zero-order valence-electron chi connectivity index (χ0n) is 6.33. The number of carboxylic acids is 1. The van der Waals surface area contributed by atoms with Crippen molar-refractivity contribution < 1.29 is 14.6 Å². The number of hydrogen-bond acceptors (Lipinski definition) is 4. The third-order valence-corrected chi connectivity index (χ3v) is 0.865. The fourth-order valence-electron chi connectivity index (χ4n) is 0.476. The summed E-state index contributed by atoms with van der Waals surface area (Å²) in [5, 5.41) is 10.7. The molecule has 0 aromatic heterocycles. The van der Waals surface area contributed by atoms with E-state index in [1.807, 2.05) is 0 Å². The van der Waals surface area contributed by atoms with Crippen molar-refractivity contribution in [2.75, 3.05) is 13.2 Å². The standard InChI is InChI=1S/C6H12N2O3/c1-2-11-5(3-7)8-4-6(9)10/h3,8H,2,4,7H2,1H3,(H,9,10)/b5-3+. The molecule has 0 atom stereocenters. The summed E-state index contributed by atoms with van der Waals surface area (Å²) >= 11 is 0. The van der Waals surface area contributed by atoms with Crippen molar-refractivity contribution in [2.45, 2.75) is 6.92 Å². The summed E-state index contributed by atoms with van der Waals surface area (Å²) in [5.74, 6) is -0.668. The summed E-state index contributed by atoms with van der Waals surface area (Å²) in [7, 11) is 0. The smallest absolute Gasteiger partial charge is 0.322 e. The summed E-state index contributed by atoms with van der Waals surface area (Å²) in [5.41, 5.74) is 5.10. The molecule has 0 aliphatic carbocycles. The van der Waals surface area contributed by atoms with Crippen LogP contribution in [0.1, 0.15) is 6.92 Å². The molecule has 0 rings (SSSR count). The van der Waals surface area contributed by atoms with Gasteiger partial charge in [0.2, 0.25) is 5.88 Å². The summed E-state index contributed by atoms with van der Waals surface area (Å²) in [6.07, 6.45) is 1.19. The van der Waals surface area contributed by atoms with E-state index in [9.17, 15) is 4.79 Å². The average Bonchev–Trinajstić information content (AvgIpc) is 1.97. The molecule has 0 fully saturated rings. The van der Waals surface area contributed by atoms with Gasteiger partial charge in [-0.25, -0.2) is 0 Å². The second kappa shape index (κ2) is 5.40. The van der Waals surface area contributed by atoms with Gasteiger partial charge < -0.3 is 20.9 Å². The SMILES string of the molecule is CCO/C(=C/N)NCC(=O)O. The van der Waals surface area contributed by atoms with Crippen molar-refractivity contribution in [1.29, 1.82) is 0 Å². The van der Waals surface area contributed by atoms with E-state index >= 15 is 0 Å². The van der Waals surface area contributed by atoms with Crippen LogP contribution in [0, 0.1) is 0 Å². The van der Waals surface area contributed by atoms with E-state index in [2.05, 4.69) is 5.32 Å². The Kier molecular flexibility index (Phi) is 4.72. The molecule has 0 heterocycles. The number of nitrogens with one attached hydrogen (secondary N) is 1. The zero-order chi connectivity index (χ0) is 8.69. The minimum atomic E-state index is -0.955. The maximum Gasteiger partial charge on any atom is 0.322 e. The Hall–Kier alpha value is -1.39. The van der Waals surface area contributed by atoms with Crippen LogP contribution in [0.5, 0.6) is 0 Å². The lowest BCUT2D eigenvalue weighted by atomic mass is 10.6. The third kappa shape index (κ3) is 5.07. The second-order valence-electron chi connectivity index (χ2n) is 1.71. The molecule has 0 radical (unpaired) electrons. The molecule has 4 N–H and O–H groups in total. The second-order valence-corrected chi connectivity index (χ2v) is 1.71. The van der Waals surface area contributed by atoms with Crippen LogP contribution in [-0.2, 0) is 9.53 Å².